The van der Waals surface area contributed by atoms with Crippen LogP contribution >= 0.6 is 0 Å². The van der Waals surface area contributed by atoms with Crippen LogP contribution < -0.4 is 10.9 Å². The number of carbonyl (C=O) groups excluding carboxylic acids is 1. The first kappa shape index (κ1) is 15.6. The van der Waals surface area contributed by atoms with Crippen LogP contribution in [0.5, 0.6) is 0 Å². The molecule has 8 nitrogen and oxygen atoms in total. The van der Waals surface area contributed by atoms with Gasteiger partial charge in [-0.2, -0.15) is 0 Å². The van der Waals surface area contributed by atoms with Crippen LogP contribution in [-0.2, 0) is 11.2 Å². The Morgan fingerprint density at radius 2 is 2.23 bits per heavy atom. The van der Waals surface area contributed by atoms with Crippen molar-refractivity contribution >= 4 is 5.91 Å². The lowest BCUT2D eigenvalue weighted by Crippen LogP contribution is -2.28. The second-order valence-corrected chi connectivity index (χ2v) is 7.57. The molecule has 2 N–H and O–H groups in total. The number of aromatic nitrogens is 3. The first-order valence-corrected chi connectivity index (χ1v) is 9.13. The third-order valence-electron chi connectivity index (χ3n) is 6.17. The minimum Gasteiger partial charge on any atom is -0.419 e. The third kappa shape index (κ3) is 2.51. The standard InChI is InChI=1S/C18H20N4O4/c23-14(19-9-10-7-11-1-2-12(10)18(11)5-6-18)3-4-15-20-21-17(25-15)13-8-16(24)26-22-13/h7-8,11-12,22H,1-6,9H2,(H,19,23). The van der Waals surface area contributed by atoms with E-state index < -0.39 is 5.63 Å². The average molecular weight is 356 g/mol. The molecular formula is C18H20N4O4. The molecule has 1 amide bonds. The zero-order valence-electron chi connectivity index (χ0n) is 14.3. The average Bonchev–Trinajstić information content (AvgIpc) is 2.93. The van der Waals surface area contributed by atoms with E-state index in [0.29, 0.717) is 35.9 Å². The van der Waals surface area contributed by atoms with Gasteiger partial charge in [0, 0.05) is 19.4 Å². The minimum atomic E-state index is -0.512. The summed E-state index contributed by atoms with van der Waals surface area (Å²) in [6, 6.07) is 1.24. The summed E-state index contributed by atoms with van der Waals surface area (Å²) in [5, 5.41) is 13.2. The van der Waals surface area contributed by atoms with Crippen molar-refractivity contribution in [1.82, 2.24) is 20.7 Å². The topological polar surface area (TPSA) is 114 Å². The normalized spacial score (nSPS) is 24.8. The Morgan fingerprint density at radius 3 is 2.96 bits per heavy atom. The van der Waals surface area contributed by atoms with Crippen molar-refractivity contribution in [2.24, 2.45) is 17.3 Å². The molecule has 136 valence electrons. The maximum absolute atomic E-state index is 12.1. The van der Waals surface area contributed by atoms with E-state index in [1.807, 2.05) is 0 Å². The summed E-state index contributed by atoms with van der Waals surface area (Å²) in [5.41, 5.74) is 1.82. The van der Waals surface area contributed by atoms with Gasteiger partial charge in [0.15, 0.2) is 0 Å². The predicted octanol–water partition coefficient (Wildman–Crippen LogP) is 1.81. The molecule has 0 radical (unpaired) electrons. The molecule has 2 atom stereocenters. The lowest BCUT2D eigenvalue weighted by Gasteiger charge is -2.17. The van der Waals surface area contributed by atoms with Crippen molar-refractivity contribution in [3.05, 3.63) is 34.0 Å². The molecule has 0 aromatic carbocycles. The first-order valence-electron chi connectivity index (χ1n) is 9.13. The Balaban J connectivity index is 1.12. The summed E-state index contributed by atoms with van der Waals surface area (Å²) < 4.78 is 10.0. The number of aryl methyl sites for hydroxylation is 1. The Morgan fingerprint density at radius 1 is 1.35 bits per heavy atom. The minimum absolute atomic E-state index is 0.0185. The quantitative estimate of drug-likeness (QED) is 0.763. The van der Waals surface area contributed by atoms with Crippen LogP contribution in [0.2, 0.25) is 0 Å². The second kappa shape index (κ2) is 5.69. The van der Waals surface area contributed by atoms with E-state index in [1.165, 1.54) is 37.3 Å². The lowest BCUT2D eigenvalue weighted by molar-refractivity contribution is -0.121. The first-order chi connectivity index (χ1) is 12.6. The van der Waals surface area contributed by atoms with Crippen LogP contribution in [0.3, 0.4) is 0 Å². The molecule has 26 heavy (non-hydrogen) atoms. The predicted molar refractivity (Wildman–Crippen MR) is 89.9 cm³/mol. The largest absolute Gasteiger partial charge is 0.419 e. The Bertz CT molecular complexity index is 933. The fraction of sp³-hybridized carbons (Fsp3) is 0.556. The van der Waals surface area contributed by atoms with Gasteiger partial charge in [-0.25, -0.2) is 9.95 Å². The van der Waals surface area contributed by atoms with Crippen LogP contribution in [0.15, 0.2) is 31.5 Å². The van der Waals surface area contributed by atoms with Gasteiger partial charge in [-0.1, -0.05) is 11.6 Å². The molecule has 0 saturated heterocycles. The Labute approximate surface area is 149 Å². The highest BCUT2D eigenvalue weighted by Gasteiger charge is 2.61. The number of allylic oxidation sites excluding steroid dienone is 1. The maximum Gasteiger partial charge on any atom is 0.358 e. The van der Waals surface area contributed by atoms with E-state index in [2.05, 4.69) is 31.3 Å². The van der Waals surface area contributed by atoms with E-state index in [-0.39, 0.29) is 18.2 Å². The molecular weight excluding hydrogens is 336 g/mol. The van der Waals surface area contributed by atoms with E-state index in [0.717, 1.165) is 5.92 Å². The van der Waals surface area contributed by atoms with Crippen molar-refractivity contribution < 1.29 is 13.7 Å². The maximum atomic E-state index is 12.1. The van der Waals surface area contributed by atoms with Gasteiger partial charge in [-0.15, -0.1) is 10.2 Å². The molecule has 5 rings (SSSR count). The highest BCUT2D eigenvalue weighted by Crippen LogP contribution is 2.70. The van der Waals surface area contributed by atoms with Gasteiger partial charge >= 0.3 is 5.63 Å². The molecule has 2 aromatic rings. The van der Waals surface area contributed by atoms with Gasteiger partial charge in [-0.3, -0.25) is 4.79 Å². The zero-order chi connectivity index (χ0) is 17.7. The lowest BCUT2D eigenvalue weighted by atomic mass is 9.90. The second-order valence-electron chi connectivity index (χ2n) is 7.57. The summed E-state index contributed by atoms with van der Waals surface area (Å²) in [6.07, 6.45) is 8.38. The zero-order valence-corrected chi connectivity index (χ0v) is 14.3. The Kier molecular flexibility index (Phi) is 3.41. The summed E-state index contributed by atoms with van der Waals surface area (Å²) in [5.74, 6) is 1.96. The molecule has 3 aliphatic carbocycles. The molecule has 3 aliphatic rings. The molecule has 2 fully saturated rings. The van der Waals surface area contributed by atoms with Gasteiger partial charge in [-0.05, 0) is 42.9 Å². The number of carbonyl (C=O) groups is 1. The number of amides is 1. The molecule has 1 spiro atoms. The number of hydrogen-bond donors (Lipinski definition) is 2. The van der Waals surface area contributed by atoms with Gasteiger partial charge in [0.05, 0.1) is 6.07 Å². The number of aromatic amines is 1. The van der Waals surface area contributed by atoms with Crippen LogP contribution in [0.25, 0.3) is 11.6 Å². The molecule has 2 heterocycles. The molecule has 8 heteroatoms. The van der Waals surface area contributed by atoms with Gasteiger partial charge in [0.25, 0.3) is 5.89 Å². The fourth-order valence-electron chi connectivity index (χ4n) is 4.76. The summed E-state index contributed by atoms with van der Waals surface area (Å²) in [7, 11) is 0. The fourth-order valence-corrected chi connectivity index (χ4v) is 4.76. The summed E-state index contributed by atoms with van der Waals surface area (Å²) in [4.78, 5) is 23.2. The van der Waals surface area contributed by atoms with Crippen LogP contribution in [0.4, 0.5) is 0 Å². The molecule has 0 aliphatic heterocycles. The van der Waals surface area contributed by atoms with E-state index >= 15 is 0 Å². The Hall–Kier alpha value is -2.64. The smallest absolute Gasteiger partial charge is 0.358 e. The van der Waals surface area contributed by atoms with Crippen molar-refractivity contribution in [3.63, 3.8) is 0 Å². The summed E-state index contributed by atoms with van der Waals surface area (Å²) >= 11 is 0. The van der Waals surface area contributed by atoms with Crippen molar-refractivity contribution in [3.8, 4) is 11.6 Å². The molecule has 2 unspecified atom stereocenters. The number of hydrogen-bond acceptors (Lipinski definition) is 6. The van der Waals surface area contributed by atoms with Gasteiger partial charge in [0.2, 0.25) is 11.8 Å². The number of nitrogens with zero attached hydrogens (tertiary/aromatic N) is 2. The number of nitrogens with one attached hydrogen (secondary N) is 2. The van der Waals surface area contributed by atoms with Crippen molar-refractivity contribution in [2.45, 2.75) is 38.5 Å². The van der Waals surface area contributed by atoms with Gasteiger partial charge in [0.1, 0.15) is 5.69 Å². The van der Waals surface area contributed by atoms with Crippen molar-refractivity contribution in [2.75, 3.05) is 6.54 Å². The van der Waals surface area contributed by atoms with E-state index in [1.54, 1.807) is 0 Å². The van der Waals surface area contributed by atoms with E-state index in [9.17, 15) is 9.59 Å². The van der Waals surface area contributed by atoms with Crippen LogP contribution in [0, 0.1) is 17.3 Å². The molecule has 2 saturated carbocycles. The number of rotatable bonds is 6. The monoisotopic (exact) mass is 356 g/mol. The van der Waals surface area contributed by atoms with Crippen molar-refractivity contribution in [1.29, 1.82) is 0 Å². The molecule has 2 bridgehead atoms. The molecule has 2 aromatic heterocycles. The van der Waals surface area contributed by atoms with E-state index in [4.69, 9.17) is 4.42 Å². The van der Waals surface area contributed by atoms with Crippen LogP contribution in [0.1, 0.15) is 38.0 Å². The highest BCUT2D eigenvalue weighted by molar-refractivity contribution is 5.76. The highest BCUT2D eigenvalue weighted by atomic mass is 16.5. The van der Waals surface area contributed by atoms with Gasteiger partial charge < -0.3 is 14.3 Å². The third-order valence-corrected chi connectivity index (χ3v) is 6.17. The number of H-pyrrole nitrogens is 1. The summed E-state index contributed by atoms with van der Waals surface area (Å²) in [6.45, 7) is 0.660. The van der Waals surface area contributed by atoms with Crippen LogP contribution in [-0.4, -0.2) is 27.8 Å². The SMILES string of the molecule is O=C(CCc1nnc(-c2cc(=O)o[nH]2)o1)NCC1=CC2CCC1C21CC1.